The van der Waals surface area contributed by atoms with Gasteiger partial charge in [0.05, 0.1) is 24.9 Å². The minimum absolute atomic E-state index is 0.230. The van der Waals surface area contributed by atoms with Gasteiger partial charge in [-0.2, -0.15) is 0 Å². The quantitative estimate of drug-likeness (QED) is 0.0392. The summed E-state index contributed by atoms with van der Waals surface area (Å²) >= 11 is 0. The van der Waals surface area contributed by atoms with Crippen LogP contribution in [0.2, 0.25) is 0 Å². The van der Waals surface area contributed by atoms with Crippen molar-refractivity contribution in [2.45, 2.75) is 154 Å². The average molecular weight is 600 g/mol. The van der Waals surface area contributed by atoms with Crippen LogP contribution in [0.15, 0.2) is 72.9 Å². The van der Waals surface area contributed by atoms with Crippen LogP contribution in [0.4, 0.5) is 0 Å². The molecular weight excluding hydrogens is 534 g/mol. The molecule has 5 heteroatoms. The number of hydrogen-bond acceptors (Lipinski definition) is 4. The number of allylic oxidation sites excluding steroid dienone is 10. The minimum Gasteiger partial charge on any atom is -0.394 e. The van der Waals surface area contributed by atoms with E-state index in [1.165, 1.54) is 64.2 Å². The van der Waals surface area contributed by atoms with Crippen molar-refractivity contribution in [2.75, 3.05) is 6.61 Å². The zero-order chi connectivity index (χ0) is 31.6. The highest BCUT2D eigenvalue weighted by atomic mass is 16.3. The Hall–Kier alpha value is -2.21. The lowest BCUT2D eigenvalue weighted by Crippen LogP contribution is -2.45. The third-order valence-electron chi connectivity index (χ3n) is 7.30. The molecule has 0 rings (SSSR count). The van der Waals surface area contributed by atoms with Crippen molar-refractivity contribution in [2.24, 2.45) is 0 Å². The Labute approximate surface area is 264 Å². The molecule has 0 aromatic rings. The van der Waals surface area contributed by atoms with Crippen molar-refractivity contribution in [3.05, 3.63) is 72.9 Å². The molecule has 0 aromatic heterocycles. The molecule has 3 atom stereocenters. The fourth-order valence-electron chi connectivity index (χ4n) is 4.62. The molecule has 0 fully saturated rings. The van der Waals surface area contributed by atoms with Gasteiger partial charge >= 0.3 is 0 Å². The Morgan fingerprint density at radius 3 is 1.79 bits per heavy atom. The third kappa shape index (κ3) is 29.6. The van der Waals surface area contributed by atoms with E-state index in [0.717, 1.165) is 38.5 Å². The molecule has 1 unspecified atom stereocenters. The second kappa shape index (κ2) is 32.7. The fourth-order valence-corrected chi connectivity index (χ4v) is 4.62. The molecule has 246 valence electrons. The van der Waals surface area contributed by atoms with E-state index in [-0.39, 0.29) is 18.9 Å². The molecule has 43 heavy (non-hydrogen) atoms. The summed E-state index contributed by atoms with van der Waals surface area (Å²) in [5.74, 6) is -0.230. The average Bonchev–Trinajstić information content (AvgIpc) is 3.00. The van der Waals surface area contributed by atoms with Gasteiger partial charge in [0, 0.05) is 6.42 Å². The van der Waals surface area contributed by atoms with Gasteiger partial charge in [-0.25, -0.2) is 0 Å². The molecule has 0 aliphatic carbocycles. The zero-order valence-electron chi connectivity index (χ0n) is 27.6. The van der Waals surface area contributed by atoms with Crippen molar-refractivity contribution in [1.82, 2.24) is 5.32 Å². The summed E-state index contributed by atoms with van der Waals surface area (Å²) in [6, 6.07) is -0.718. The lowest BCUT2D eigenvalue weighted by Gasteiger charge is -2.20. The predicted octanol–water partition coefficient (Wildman–Crippen LogP) is 8.97. The molecule has 0 saturated carbocycles. The molecule has 0 bridgehead atoms. The molecule has 0 aliphatic rings. The van der Waals surface area contributed by atoms with Gasteiger partial charge in [-0.1, -0.05) is 151 Å². The minimum atomic E-state index is -0.916. The number of aliphatic hydroxyl groups is 3. The van der Waals surface area contributed by atoms with E-state index in [0.29, 0.717) is 12.8 Å². The summed E-state index contributed by atoms with van der Waals surface area (Å²) in [5.41, 5.74) is 0. The van der Waals surface area contributed by atoms with Gasteiger partial charge in [-0.15, -0.1) is 0 Å². The molecule has 0 spiro atoms. The summed E-state index contributed by atoms with van der Waals surface area (Å²) in [6.45, 7) is 4.06. The van der Waals surface area contributed by atoms with E-state index < -0.39 is 18.2 Å². The highest BCUT2D eigenvalue weighted by molar-refractivity contribution is 5.76. The van der Waals surface area contributed by atoms with E-state index in [1.807, 2.05) is 24.3 Å². The molecule has 0 aromatic carbocycles. The summed E-state index contributed by atoms with van der Waals surface area (Å²) in [5, 5.41) is 32.9. The molecule has 0 heterocycles. The maximum absolute atomic E-state index is 12.3. The van der Waals surface area contributed by atoms with Gasteiger partial charge in [0.25, 0.3) is 0 Å². The van der Waals surface area contributed by atoms with Crippen LogP contribution >= 0.6 is 0 Å². The zero-order valence-corrected chi connectivity index (χ0v) is 27.6. The van der Waals surface area contributed by atoms with Crippen molar-refractivity contribution in [3.8, 4) is 0 Å². The van der Waals surface area contributed by atoms with E-state index in [9.17, 15) is 20.1 Å². The maximum Gasteiger partial charge on any atom is 0.220 e. The van der Waals surface area contributed by atoms with Crippen LogP contribution in [0.25, 0.3) is 0 Å². The Morgan fingerprint density at radius 2 is 1.21 bits per heavy atom. The smallest absolute Gasteiger partial charge is 0.220 e. The topological polar surface area (TPSA) is 89.8 Å². The fraction of sp³-hybridized carbons (Fsp3) is 0.658. The number of hydrogen-bond donors (Lipinski definition) is 4. The first-order valence-corrected chi connectivity index (χ1v) is 17.3. The normalized spacial score (nSPS) is 14.8. The van der Waals surface area contributed by atoms with Crippen molar-refractivity contribution in [3.63, 3.8) is 0 Å². The number of unbranched alkanes of at least 4 members (excludes halogenated alkanes) is 11. The van der Waals surface area contributed by atoms with Crippen molar-refractivity contribution >= 4 is 5.91 Å². The standard InChI is InChI=1S/C38H65NO4/c1-3-5-7-9-11-13-15-17-19-21-23-25-27-30-35(41)31-29-33-38(43)39-36(34-40)37(42)32-28-26-24-22-20-18-16-14-12-10-8-6-4-2/h5,7,11,13,17,19,23,25,27-28,30,32,35-37,40-42H,3-4,6,8-10,12,14-16,18,20-22,24,26,29,31,33-34H2,1-2H3,(H,39,43)/b7-5-,13-11-,19-17-,25-23-,30-27+,32-28+/t35?,36-,37+/m0/s1. The van der Waals surface area contributed by atoms with Gasteiger partial charge in [0.15, 0.2) is 0 Å². The Kier molecular flexibility index (Phi) is 31.0. The third-order valence-corrected chi connectivity index (χ3v) is 7.30. The van der Waals surface area contributed by atoms with E-state index in [1.54, 1.807) is 12.2 Å². The summed E-state index contributed by atoms with van der Waals surface area (Å²) in [6.07, 6.45) is 42.9. The first kappa shape index (κ1) is 40.8. The summed E-state index contributed by atoms with van der Waals surface area (Å²) < 4.78 is 0. The number of carbonyl (C=O) groups is 1. The lowest BCUT2D eigenvalue weighted by atomic mass is 10.0. The van der Waals surface area contributed by atoms with Gasteiger partial charge in [0.1, 0.15) is 0 Å². The van der Waals surface area contributed by atoms with Crippen LogP contribution in [-0.2, 0) is 4.79 Å². The predicted molar refractivity (Wildman–Crippen MR) is 185 cm³/mol. The Bertz CT molecular complexity index is 796. The Balaban J connectivity index is 3.94. The number of amides is 1. The highest BCUT2D eigenvalue weighted by Crippen LogP contribution is 2.12. The van der Waals surface area contributed by atoms with Gasteiger partial charge in [0.2, 0.25) is 5.91 Å². The van der Waals surface area contributed by atoms with Gasteiger partial charge < -0.3 is 20.6 Å². The molecule has 0 aliphatic heterocycles. The molecule has 0 radical (unpaired) electrons. The van der Waals surface area contributed by atoms with Gasteiger partial charge in [-0.05, 0) is 51.4 Å². The molecular formula is C38H65NO4. The molecule has 4 N–H and O–H groups in total. The van der Waals surface area contributed by atoms with Crippen LogP contribution in [0, 0.1) is 0 Å². The first-order chi connectivity index (χ1) is 21.0. The maximum atomic E-state index is 12.3. The largest absolute Gasteiger partial charge is 0.394 e. The Morgan fingerprint density at radius 1 is 0.651 bits per heavy atom. The van der Waals surface area contributed by atoms with Crippen molar-refractivity contribution in [1.29, 1.82) is 0 Å². The molecule has 1 amide bonds. The second-order valence-electron chi connectivity index (χ2n) is 11.4. The second-order valence-corrected chi connectivity index (χ2v) is 11.4. The van der Waals surface area contributed by atoms with Crippen LogP contribution in [-0.4, -0.2) is 46.1 Å². The lowest BCUT2D eigenvalue weighted by molar-refractivity contribution is -0.123. The van der Waals surface area contributed by atoms with Crippen LogP contribution in [0.1, 0.15) is 136 Å². The summed E-state index contributed by atoms with van der Waals surface area (Å²) in [4.78, 5) is 12.3. The van der Waals surface area contributed by atoms with Crippen LogP contribution in [0.3, 0.4) is 0 Å². The number of aliphatic hydroxyl groups excluding tert-OH is 3. The number of carbonyl (C=O) groups excluding carboxylic acids is 1. The highest BCUT2D eigenvalue weighted by Gasteiger charge is 2.18. The van der Waals surface area contributed by atoms with Crippen LogP contribution < -0.4 is 5.32 Å². The molecule has 5 nitrogen and oxygen atoms in total. The number of nitrogens with one attached hydrogen (secondary N) is 1. The van der Waals surface area contributed by atoms with E-state index in [4.69, 9.17) is 0 Å². The van der Waals surface area contributed by atoms with E-state index in [2.05, 4.69) is 55.6 Å². The van der Waals surface area contributed by atoms with E-state index >= 15 is 0 Å². The monoisotopic (exact) mass is 599 g/mol. The van der Waals surface area contributed by atoms with Crippen LogP contribution in [0.5, 0.6) is 0 Å². The number of rotatable bonds is 29. The molecule has 0 saturated heterocycles. The SMILES string of the molecule is CC/C=C\C/C=C\C/C=C\C/C=C\C=C\C(O)CCCC(=O)N[C@@H](CO)[C@H](O)/C=C/CCCCCCCCCCCCC. The van der Waals surface area contributed by atoms with Crippen molar-refractivity contribution < 1.29 is 20.1 Å². The van der Waals surface area contributed by atoms with Gasteiger partial charge in [-0.3, -0.25) is 4.79 Å². The first-order valence-electron chi connectivity index (χ1n) is 17.3. The summed E-state index contributed by atoms with van der Waals surface area (Å²) in [7, 11) is 0.